The molecule has 3 aromatic rings. The van der Waals surface area contributed by atoms with Gasteiger partial charge in [-0.15, -0.1) is 0 Å². The molecule has 0 radical (unpaired) electrons. The third kappa shape index (κ3) is 5.26. The van der Waals surface area contributed by atoms with Gasteiger partial charge in [0.2, 0.25) is 0 Å². The minimum Gasteiger partial charge on any atom is -0.508 e. The molecule has 1 aliphatic heterocycles. The van der Waals surface area contributed by atoms with Crippen molar-refractivity contribution < 1.29 is 29.2 Å². The highest BCUT2D eigenvalue weighted by Gasteiger charge is 2.23. The van der Waals surface area contributed by atoms with Crippen molar-refractivity contribution in [3.05, 3.63) is 58.3 Å². The first kappa shape index (κ1) is 23.1. The average molecular weight is 468 g/mol. The normalized spacial score (nSPS) is 14.6. The van der Waals surface area contributed by atoms with Crippen molar-refractivity contribution in [3.8, 4) is 34.3 Å². The molecule has 0 unspecified atom stereocenters. The van der Waals surface area contributed by atoms with E-state index in [1.54, 1.807) is 0 Å². The number of nitro benzene ring substituents is 1. The molecule has 11 heteroatoms. The van der Waals surface area contributed by atoms with E-state index < -0.39 is 10.8 Å². The van der Waals surface area contributed by atoms with Gasteiger partial charge in [-0.1, -0.05) is 5.16 Å². The lowest BCUT2D eigenvalue weighted by Gasteiger charge is -2.28. The van der Waals surface area contributed by atoms with Crippen molar-refractivity contribution in [3.63, 3.8) is 0 Å². The van der Waals surface area contributed by atoms with Crippen LogP contribution in [-0.2, 0) is 0 Å². The van der Waals surface area contributed by atoms with E-state index in [0.29, 0.717) is 12.5 Å². The maximum absolute atomic E-state index is 12.6. The molecule has 2 heterocycles. The summed E-state index contributed by atoms with van der Waals surface area (Å²) in [6, 6.07) is 9.01. The molecular formula is C23H24N4O7. The number of rotatable bonds is 7. The second kappa shape index (κ2) is 9.79. The lowest BCUT2D eigenvalue weighted by atomic mass is 9.97. The standard InChI is InChI=1S/C23H24N4O7/c1-26-8-6-14(7-9-26)13-24-23(30)18-12-21(34-25-18)22-19(29)10-16(28)11-20(22)33-17-4-2-15(3-5-17)27(31)32/h2-5,10-12,14,28-29H,6-9,13H2,1H3,(H,24,30). The van der Waals surface area contributed by atoms with E-state index >= 15 is 0 Å². The van der Waals surface area contributed by atoms with Crippen molar-refractivity contribution >= 4 is 11.6 Å². The van der Waals surface area contributed by atoms with Crippen LogP contribution in [0.4, 0.5) is 5.69 Å². The number of likely N-dealkylation sites (tertiary alicyclic amines) is 1. The quantitative estimate of drug-likeness (QED) is 0.349. The molecule has 4 rings (SSSR count). The van der Waals surface area contributed by atoms with Gasteiger partial charge in [0.15, 0.2) is 11.5 Å². The number of phenolic OH excluding ortho intramolecular Hbond substituents is 2. The fourth-order valence-corrected chi connectivity index (χ4v) is 3.77. The number of nitrogens with one attached hydrogen (secondary N) is 1. The van der Waals surface area contributed by atoms with Gasteiger partial charge < -0.3 is 29.7 Å². The first-order chi connectivity index (χ1) is 16.3. The number of non-ortho nitro benzene ring substituents is 1. The number of nitrogens with zero attached hydrogens (tertiary/aromatic N) is 3. The number of nitro groups is 1. The summed E-state index contributed by atoms with van der Waals surface area (Å²) < 4.78 is 11.0. The number of piperidine rings is 1. The first-order valence-corrected chi connectivity index (χ1v) is 10.7. The minimum atomic E-state index is -0.539. The number of phenols is 2. The fourth-order valence-electron chi connectivity index (χ4n) is 3.77. The van der Waals surface area contributed by atoms with Crippen LogP contribution in [0.25, 0.3) is 11.3 Å². The third-order valence-electron chi connectivity index (χ3n) is 5.72. The topological polar surface area (TPSA) is 151 Å². The zero-order chi connectivity index (χ0) is 24.2. The van der Waals surface area contributed by atoms with Crippen LogP contribution in [-0.4, -0.2) is 57.8 Å². The molecule has 2 aromatic carbocycles. The number of aromatic hydroxyl groups is 2. The molecular weight excluding hydrogens is 444 g/mol. The second-order valence-corrected chi connectivity index (χ2v) is 8.22. The van der Waals surface area contributed by atoms with Crippen LogP contribution < -0.4 is 10.1 Å². The Morgan fingerprint density at radius 3 is 2.62 bits per heavy atom. The minimum absolute atomic E-state index is 0.0146. The van der Waals surface area contributed by atoms with Crippen molar-refractivity contribution in [1.82, 2.24) is 15.4 Å². The maximum atomic E-state index is 12.6. The van der Waals surface area contributed by atoms with Crippen molar-refractivity contribution in [2.24, 2.45) is 5.92 Å². The number of ether oxygens (including phenoxy) is 1. The molecule has 1 aliphatic rings. The van der Waals surface area contributed by atoms with Gasteiger partial charge in [-0.25, -0.2) is 0 Å². The maximum Gasteiger partial charge on any atom is 0.273 e. The molecule has 178 valence electrons. The highest BCUT2D eigenvalue weighted by Crippen LogP contribution is 2.43. The van der Waals surface area contributed by atoms with E-state index in [1.807, 2.05) is 0 Å². The number of carbonyl (C=O) groups excluding carboxylic acids is 1. The van der Waals surface area contributed by atoms with Crippen LogP contribution >= 0.6 is 0 Å². The summed E-state index contributed by atoms with van der Waals surface area (Å²) in [5.74, 6) is -0.327. The zero-order valence-electron chi connectivity index (χ0n) is 18.4. The number of carbonyl (C=O) groups is 1. The molecule has 0 bridgehead atoms. The molecule has 1 fully saturated rings. The molecule has 1 aromatic heterocycles. The lowest BCUT2D eigenvalue weighted by Crippen LogP contribution is -2.36. The smallest absolute Gasteiger partial charge is 0.273 e. The molecule has 0 aliphatic carbocycles. The SMILES string of the molecule is CN1CCC(CNC(=O)c2cc(-c3c(O)cc(O)cc3Oc3ccc([N+](=O)[O-])cc3)on2)CC1. The summed E-state index contributed by atoms with van der Waals surface area (Å²) >= 11 is 0. The highest BCUT2D eigenvalue weighted by molar-refractivity contribution is 5.93. The van der Waals surface area contributed by atoms with E-state index in [1.165, 1.54) is 36.4 Å². The second-order valence-electron chi connectivity index (χ2n) is 8.22. The van der Waals surface area contributed by atoms with Gasteiger partial charge >= 0.3 is 0 Å². The van der Waals surface area contributed by atoms with Crippen LogP contribution in [0.3, 0.4) is 0 Å². The van der Waals surface area contributed by atoms with E-state index in [-0.39, 0.29) is 45.7 Å². The number of hydrogen-bond acceptors (Lipinski definition) is 9. The summed E-state index contributed by atoms with van der Waals surface area (Å²) in [5, 5.41) is 37.9. The molecule has 0 spiro atoms. The number of amides is 1. The van der Waals surface area contributed by atoms with E-state index in [2.05, 4.69) is 22.4 Å². The number of aromatic nitrogens is 1. The Balaban J connectivity index is 1.51. The largest absolute Gasteiger partial charge is 0.508 e. The monoisotopic (exact) mass is 468 g/mol. The van der Waals surface area contributed by atoms with Crippen LogP contribution in [0.1, 0.15) is 23.3 Å². The molecule has 1 amide bonds. The molecule has 0 atom stereocenters. The van der Waals surface area contributed by atoms with Gasteiger partial charge in [-0.05, 0) is 51.0 Å². The number of hydrogen-bond donors (Lipinski definition) is 3. The summed E-state index contributed by atoms with van der Waals surface area (Å²) in [4.78, 5) is 25.1. The highest BCUT2D eigenvalue weighted by atomic mass is 16.6. The lowest BCUT2D eigenvalue weighted by molar-refractivity contribution is -0.384. The Hall–Kier alpha value is -4.12. The molecule has 11 nitrogen and oxygen atoms in total. The Morgan fingerprint density at radius 2 is 1.94 bits per heavy atom. The first-order valence-electron chi connectivity index (χ1n) is 10.7. The van der Waals surface area contributed by atoms with Gasteiger partial charge in [0.05, 0.1) is 4.92 Å². The zero-order valence-corrected chi connectivity index (χ0v) is 18.4. The Labute approximate surface area is 194 Å². The van der Waals surface area contributed by atoms with Crippen LogP contribution in [0.5, 0.6) is 23.0 Å². The Kier molecular flexibility index (Phi) is 6.64. The Morgan fingerprint density at radius 1 is 1.24 bits per heavy atom. The van der Waals surface area contributed by atoms with Gasteiger partial charge in [0.1, 0.15) is 28.6 Å². The van der Waals surface area contributed by atoms with Gasteiger partial charge in [0, 0.05) is 36.9 Å². The van der Waals surface area contributed by atoms with Gasteiger partial charge in [-0.3, -0.25) is 14.9 Å². The molecule has 1 saturated heterocycles. The predicted molar refractivity (Wildman–Crippen MR) is 121 cm³/mol. The van der Waals surface area contributed by atoms with E-state index in [4.69, 9.17) is 9.26 Å². The van der Waals surface area contributed by atoms with Crippen LogP contribution in [0.2, 0.25) is 0 Å². The predicted octanol–water partition coefficient (Wildman–Crippen LogP) is 3.52. The van der Waals surface area contributed by atoms with E-state index in [0.717, 1.165) is 32.0 Å². The fraction of sp³-hybridized carbons (Fsp3) is 0.304. The van der Waals surface area contributed by atoms with Crippen molar-refractivity contribution in [2.45, 2.75) is 12.8 Å². The number of benzene rings is 2. The summed E-state index contributed by atoms with van der Waals surface area (Å²) in [7, 11) is 2.07. The Bertz CT molecular complexity index is 1180. The molecule has 34 heavy (non-hydrogen) atoms. The van der Waals surface area contributed by atoms with Crippen molar-refractivity contribution in [2.75, 3.05) is 26.7 Å². The summed E-state index contributed by atoms with van der Waals surface area (Å²) in [6.07, 6.45) is 2.01. The van der Waals surface area contributed by atoms with Crippen LogP contribution in [0, 0.1) is 16.0 Å². The summed E-state index contributed by atoms with van der Waals surface area (Å²) in [5.41, 5.74) is -0.00725. The molecule has 0 saturated carbocycles. The van der Waals surface area contributed by atoms with E-state index in [9.17, 15) is 25.1 Å². The average Bonchev–Trinajstić information content (AvgIpc) is 3.28. The van der Waals surface area contributed by atoms with Gasteiger partial charge in [-0.2, -0.15) is 0 Å². The van der Waals surface area contributed by atoms with Crippen LogP contribution in [0.15, 0.2) is 47.0 Å². The molecule has 3 N–H and O–H groups in total. The van der Waals surface area contributed by atoms with Gasteiger partial charge in [0.25, 0.3) is 11.6 Å². The van der Waals surface area contributed by atoms with Crippen molar-refractivity contribution in [1.29, 1.82) is 0 Å². The summed E-state index contributed by atoms with van der Waals surface area (Å²) in [6.45, 7) is 2.52. The third-order valence-corrected chi connectivity index (χ3v) is 5.72.